The lowest BCUT2D eigenvalue weighted by atomic mass is 10.1. The number of benzene rings is 1. The van der Waals surface area contributed by atoms with Crippen LogP contribution in [0.3, 0.4) is 0 Å². The number of aromatic hydroxyl groups is 1. The van der Waals surface area contributed by atoms with Crippen molar-refractivity contribution in [3.8, 4) is 5.75 Å². The third-order valence-corrected chi connectivity index (χ3v) is 3.26. The summed E-state index contributed by atoms with van der Waals surface area (Å²) in [5.41, 5.74) is 0.876. The fraction of sp³-hybridized carbons (Fsp3) is 0.500. The lowest BCUT2D eigenvalue weighted by Gasteiger charge is -2.15. The number of phenols is 1. The lowest BCUT2D eigenvalue weighted by Crippen LogP contribution is -2.22. The molecule has 2 N–H and O–H groups in total. The van der Waals surface area contributed by atoms with Crippen LogP contribution in [0.4, 0.5) is 0 Å². The second-order valence-corrected chi connectivity index (χ2v) is 4.85. The first-order valence-electron chi connectivity index (χ1n) is 5.32. The molecule has 15 heavy (non-hydrogen) atoms. The van der Waals surface area contributed by atoms with Crippen LogP contribution >= 0.6 is 11.6 Å². The molecule has 0 radical (unpaired) electrons. The first-order chi connectivity index (χ1) is 7.08. The van der Waals surface area contributed by atoms with Crippen LogP contribution < -0.4 is 5.32 Å². The van der Waals surface area contributed by atoms with Crippen molar-refractivity contribution in [2.24, 2.45) is 5.92 Å². The van der Waals surface area contributed by atoms with Gasteiger partial charge in [-0.3, -0.25) is 0 Å². The van der Waals surface area contributed by atoms with Gasteiger partial charge in [0.2, 0.25) is 0 Å². The largest absolute Gasteiger partial charge is 0.508 e. The summed E-state index contributed by atoms with van der Waals surface area (Å²) in [7, 11) is 0. The highest BCUT2D eigenvalue weighted by Gasteiger charge is 2.33. The van der Waals surface area contributed by atoms with Gasteiger partial charge in [0.1, 0.15) is 5.75 Å². The van der Waals surface area contributed by atoms with Gasteiger partial charge in [-0.2, -0.15) is 0 Å². The van der Waals surface area contributed by atoms with Gasteiger partial charge in [-0.25, -0.2) is 0 Å². The number of hydrogen-bond acceptors (Lipinski definition) is 2. The van der Waals surface area contributed by atoms with Crippen LogP contribution in [0.2, 0.25) is 5.02 Å². The molecule has 0 saturated heterocycles. The molecular weight excluding hydrogens is 210 g/mol. The third kappa shape index (κ3) is 2.44. The van der Waals surface area contributed by atoms with Crippen molar-refractivity contribution >= 4 is 11.6 Å². The van der Waals surface area contributed by atoms with Crippen LogP contribution in [0, 0.1) is 5.92 Å². The van der Waals surface area contributed by atoms with Crippen molar-refractivity contribution in [1.82, 2.24) is 5.32 Å². The maximum atomic E-state index is 9.71. The highest BCUT2D eigenvalue weighted by atomic mass is 35.5. The minimum Gasteiger partial charge on any atom is -0.508 e. The molecule has 0 spiro atoms. The second-order valence-electron chi connectivity index (χ2n) is 4.41. The molecule has 2 nitrogen and oxygen atoms in total. The molecule has 3 atom stereocenters. The normalized spacial score (nSPS) is 26.3. The fourth-order valence-electron chi connectivity index (χ4n) is 1.84. The van der Waals surface area contributed by atoms with Crippen LogP contribution in [0.25, 0.3) is 0 Å². The Morgan fingerprint density at radius 3 is 2.80 bits per heavy atom. The zero-order chi connectivity index (χ0) is 11.0. The summed E-state index contributed by atoms with van der Waals surface area (Å²) in [6.45, 7) is 4.28. The molecule has 1 fully saturated rings. The Labute approximate surface area is 95.3 Å². The summed E-state index contributed by atoms with van der Waals surface area (Å²) >= 11 is 5.90. The average Bonchev–Trinajstić information content (AvgIpc) is 2.86. The van der Waals surface area contributed by atoms with E-state index in [1.807, 2.05) is 6.07 Å². The Kier molecular flexibility index (Phi) is 2.89. The Balaban J connectivity index is 2.10. The van der Waals surface area contributed by atoms with Crippen molar-refractivity contribution in [2.75, 3.05) is 0 Å². The van der Waals surface area contributed by atoms with Crippen molar-refractivity contribution in [3.05, 3.63) is 28.8 Å². The van der Waals surface area contributed by atoms with Crippen LogP contribution in [0.15, 0.2) is 18.2 Å². The topological polar surface area (TPSA) is 32.3 Å². The predicted octanol–water partition coefficient (Wildman–Crippen LogP) is 3.10. The van der Waals surface area contributed by atoms with Crippen molar-refractivity contribution in [2.45, 2.75) is 32.4 Å². The zero-order valence-electron chi connectivity index (χ0n) is 9.00. The van der Waals surface area contributed by atoms with E-state index in [2.05, 4.69) is 19.2 Å². The van der Waals surface area contributed by atoms with Crippen LogP contribution in [0.1, 0.15) is 31.9 Å². The third-order valence-electron chi connectivity index (χ3n) is 3.03. The minimum atomic E-state index is 0.152. The van der Waals surface area contributed by atoms with Gasteiger partial charge >= 0.3 is 0 Å². The highest BCUT2D eigenvalue weighted by Crippen LogP contribution is 2.34. The molecule has 1 aliphatic carbocycles. The van der Waals surface area contributed by atoms with Gasteiger partial charge in [-0.1, -0.05) is 18.5 Å². The Morgan fingerprint density at radius 1 is 1.53 bits per heavy atom. The highest BCUT2D eigenvalue weighted by molar-refractivity contribution is 6.30. The predicted molar refractivity (Wildman–Crippen MR) is 62.2 cm³/mol. The molecular formula is C12H16ClNO. The number of hydrogen-bond donors (Lipinski definition) is 2. The van der Waals surface area contributed by atoms with E-state index >= 15 is 0 Å². The van der Waals surface area contributed by atoms with E-state index in [9.17, 15) is 5.11 Å². The Hall–Kier alpha value is -0.730. The van der Waals surface area contributed by atoms with E-state index < -0.39 is 0 Å². The number of rotatable bonds is 3. The van der Waals surface area contributed by atoms with Gasteiger partial charge < -0.3 is 10.4 Å². The van der Waals surface area contributed by atoms with Gasteiger partial charge in [0.05, 0.1) is 0 Å². The van der Waals surface area contributed by atoms with Crippen LogP contribution in [-0.4, -0.2) is 11.1 Å². The molecule has 3 unspecified atom stereocenters. The fourth-order valence-corrected chi connectivity index (χ4v) is 2.02. The molecule has 82 valence electrons. The molecule has 2 rings (SSSR count). The number of nitrogens with one attached hydrogen (secondary N) is 1. The zero-order valence-corrected chi connectivity index (χ0v) is 9.75. The summed E-state index contributed by atoms with van der Waals surface area (Å²) in [6.07, 6.45) is 1.23. The summed E-state index contributed by atoms with van der Waals surface area (Å²) in [6, 6.07) is 5.91. The second kappa shape index (κ2) is 4.03. The number of halogens is 1. The van der Waals surface area contributed by atoms with E-state index in [1.165, 1.54) is 6.42 Å². The Morgan fingerprint density at radius 2 is 2.20 bits per heavy atom. The van der Waals surface area contributed by atoms with Crippen molar-refractivity contribution in [1.29, 1.82) is 0 Å². The Bertz CT molecular complexity index is 367. The van der Waals surface area contributed by atoms with E-state index in [4.69, 9.17) is 11.6 Å². The summed E-state index contributed by atoms with van der Waals surface area (Å²) < 4.78 is 0. The van der Waals surface area contributed by atoms with E-state index in [1.54, 1.807) is 12.1 Å². The summed E-state index contributed by atoms with van der Waals surface area (Å²) in [5, 5.41) is 13.8. The smallest absolute Gasteiger partial charge is 0.120 e. The first kappa shape index (κ1) is 10.8. The molecule has 0 heterocycles. The maximum absolute atomic E-state index is 9.71. The molecule has 1 aromatic carbocycles. The van der Waals surface area contributed by atoms with E-state index in [-0.39, 0.29) is 6.04 Å². The minimum absolute atomic E-state index is 0.152. The van der Waals surface area contributed by atoms with Gasteiger partial charge in [-0.15, -0.1) is 0 Å². The van der Waals surface area contributed by atoms with Gasteiger partial charge in [0.15, 0.2) is 0 Å². The summed E-state index contributed by atoms with van der Waals surface area (Å²) in [4.78, 5) is 0. The molecule has 0 amide bonds. The van der Waals surface area contributed by atoms with E-state index in [0.29, 0.717) is 16.8 Å². The lowest BCUT2D eigenvalue weighted by molar-refractivity contribution is 0.450. The van der Waals surface area contributed by atoms with E-state index in [0.717, 1.165) is 11.5 Å². The summed E-state index contributed by atoms with van der Waals surface area (Å²) in [5.74, 6) is 1.07. The standard InChI is InChI=1S/C12H16ClNO/c1-7-5-11(7)14-8(2)10-6-9(13)3-4-12(10)15/h3-4,6-8,11,14-15H,5H2,1-2H3. The quantitative estimate of drug-likeness (QED) is 0.829. The molecule has 1 aromatic rings. The molecule has 1 saturated carbocycles. The first-order valence-corrected chi connectivity index (χ1v) is 5.70. The molecule has 1 aliphatic rings. The molecule has 0 bridgehead atoms. The van der Waals surface area contributed by atoms with Crippen LogP contribution in [0.5, 0.6) is 5.75 Å². The molecule has 0 aromatic heterocycles. The van der Waals surface area contributed by atoms with Crippen molar-refractivity contribution in [3.63, 3.8) is 0 Å². The van der Waals surface area contributed by atoms with Gasteiger partial charge in [0, 0.05) is 22.7 Å². The number of phenolic OH excluding ortho intramolecular Hbond substituents is 1. The molecule has 3 heteroatoms. The van der Waals surface area contributed by atoms with Gasteiger partial charge in [0.25, 0.3) is 0 Å². The maximum Gasteiger partial charge on any atom is 0.120 e. The van der Waals surface area contributed by atoms with Crippen molar-refractivity contribution < 1.29 is 5.11 Å². The monoisotopic (exact) mass is 225 g/mol. The van der Waals surface area contributed by atoms with Gasteiger partial charge in [-0.05, 0) is 37.5 Å². The average molecular weight is 226 g/mol. The molecule has 0 aliphatic heterocycles. The SMILES string of the molecule is CC(NC1CC1C)c1cc(Cl)ccc1O. The van der Waals surface area contributed by atoms with Crippen LogP contribution in [-0.2, 0) is 0 Å².